The van der Waals surface area contributed by atoms with E-state index in [1.165, 1.54) is 0 Å². The minimum absolute atomic E-state index is 0.281. The lowest BCUT2D eigenvalue weighted by Gasteiger charge is -2.18. The van der Waals surface area contributed by atoms with E-state index < -0.39 is 11.2 Å². The summed E-state index contributed by atoms with van der Waals surface area (Å²) >= 11 is 0.890. The summed E-state index contributed by atoms with van der Waals surface area (Å²) in [5.74, 6) is -0.614. The van der Waals surface area contributed by atoms with E-state index in [4.69, 9.17) is 4.74 Å². The zero-order chi connectivity index (χ0) is 12.6. The number of rotatable bonds is 2. The molecule has 0 amide bonds. The highest BCUT2D eigenvalue weighted by Gasteiger charge is 2.47. The molecule has 1 aliphatic rings. The molecule has 2 aromatic carbocycles. The van der Waals surface area contributed by atoms with Gasteiger partial charge < -0.3 is 4.74 Å². The number of thioether (sulfide) groups is 1. The molecule has 0 fully saturated rings. The van der Waals surface area contributed by atoms with E-state index in [2.05, 4.69) is 0 Å². The van der Waals surface area contributed by atoms with Gasteiger partial charge in [-0.3, -0.25) is 0 Å². The second kappa shape index (κ2) is 4.14. The van der Waals surface area contributed by atoms with E-state index in [1.807, 2.05) is 18.2 Å². The molecule has 1 atom stereocenters. The molecule has 18 heavy (non-hydrogen) atoms. The molecule has 0 saturated heterocycles. The van der Waals surface area contributed by atoms with Crippen LogP contribution in [-0.2, 0) is 9.92 Å². The number of fused-ring (bicyclic) bond motifs is 1. The van der Waals surface area contributed by atoms with Gasteiger partial charge in [0.1, 0.15) is 0 Å². The van der Waals surface area contributed by atoms with E-state index in [-0.39, 0.29) is 5.56 Å². The summed E-state index contributed by atoms with van der Waals surface area (Å²) in [7, 11) is 0. The van der Waals surface area contributed by atoms with Crippen molar-refractivity contribution >= 4 is 17.7 Å². The van der Waals surface area contributed by atoms with Crippen LogP contribution in [0.25, 0.3) is 0 Å². The number of ether oxygens (including phenoxy) is 1. The van der Waals surface area contributed by atoms with Crippen molar-refractivity contribution in [3.8, 4) is 0 Å². The molecule has 1 aliphatic heterocycles. The Balaban J connectivity index is 2.00. The number of alkyl halides is 1. The topological polar surface area (TPSA) is 26.3 Å². The highest BCUT2D eigenvalue weighted by Crippen LogP contribution is 2.49. The van der Waals surface area contributed by atoms with Crippen LogP contribution in [-0.4, -0.2) is 5.97 Å². The standard InChI is InChI=1S/C14H9FO2S/c15-14(18-10-6-2-1-3-7-10)12-9-5-4-8-11(12)13(16)17-14/h1-9H. The summed E-state index contributed by atoms with van der Waals surface area (Å²) in [4.78, 5) is 12.3. The number of benzene rings is 2. The maximum absolute atomic E-state index is 14.8. The molecular formula is C14H9FO2S. The highest BCUT2D eigenvalue weighted by atomic mass is 32.2. The molecule has 1 heterocycles. The van der Waals surface area contributed by atoms with Crippen LogP contribution in [0.2, 0.25) is 0 Å². The second-order valence-electron chi connectivity index (χ2n) is 3.89. The van der Waals surface area contributed by atoms with Crippen LogP contribution in [0, 0.1) is 0 Å². The van der Waals surface area contributed by atoms with Gasteiger partial charge in [0, 0.05) is 4.90 Å². The number of hydrogen-bond acceptors (Lipinski definition) is 3. The van der Waals surface area contributed by atoms with Crippen molar-refractivity contribution in [2.24, 2.45) is 0 Å². The lowest BCUT2D eigenvalue weighted by Crippen LogP contribution is -2.14. The minimum atomic E-state index is -2.13. The number of carbonyl (C=O) groups is 1. The van der Waals surface area contributed by atoms with Gasteiger partial charge in [0.05, 0.1) is 11.1 Å². The van der Waals surface area contributed by atoms with E-state index >= 15 is 0 Å². The van der Waals surface area contributed by atoms with Gasteiger partial charge in [0.25, 0.3) is 0 Å². The predicted molar refractivity (Wildman–Crippen MR) is 66.9 cm³/mol. The van der Waals surface area contributed by atoms with Crippen LogP contribution in [0.3, 0.4) is 0 Å². The van der Waals surface area contributed by atoms with Crippen molar-refractivity contribution in [3.63, 3.8) is 0 Å². The smallest absolute Gasteiger partial charge is 0.342 e. The third kappa shape index (κ3) is 1.78. The molecule has 1 unspecified atom stereocenters. The average Bonchev–Trinajstić information content (AvgIpc) is 2.63. The Morgan fingerprint density at radius 1 is 1.00 bits per heavy atom. The molecule has 0 aliphatic carbocycles. The maximum Gasteiger partial charge on any atom is 0.342 e. The van der Waals surface area contributed by atoms with Crippen molar-refractivity contribution in [1.82, 2.24) is 0 Å². The van der Waals surface area contributed by atoms with Gasteiger partial charge in [0.15, 0.2) is 0 Å². The molecule has 2 nitrogen and oxygen atoms in total. The minimum Gasteiger partial charge on any atom is -0.410 e. The van der Waals surface area contributed by atoms with Crippen molar-refractivity contribution in [2.75, 3.05) is 0 Å². The molecule has 0 saturated carbocycles. The van der Waals surface area contributed by atoms with Gasteiger partial charge >= 0.3 is 11.2 Å². The molecule has 0 N–H and O–H groups in total. The fraction of sp³-hybridized carbons (Fsp3) is 0.0714. The number of halogens is 1. The number of esters is 1. The van der Waals surface area contributed by atoms with Crippen molar-refractivity contribution in [2.45, 2.75) is 10.1 Å². The molecule has 0 aromatic heterocycles. The van der Waals surface area contributed by atoms with Crippen LogP contribution in [0.5, 0.6) is 0 Å². The van der Waals surface area contributed by atoms with Gasteiger partial charge in [-0.15, -0.1) is 0 Å². The first-order valence-electron chi connectivity index (χ1n) is 5.45. The first-order valence-corrected chi connectivity index (χ1v) is 6.26. The largest absolute Gasteiger partial charge is 0.410 e. The van der Waals surface area contributed by atoms with Crippen LogP contribution < -0.4 is 0 Å². The SMILES string of the molecule is O=C1OC(F)(Sc2ccccc2)c2ccccc21. The molecule has 4 heteroatoms. The Hall–Kier alpha value is -1.81. The lowest BCUT2D eigenvalue weighted by atomic mass is 10.1. The monoisotopic (exact) mass is 260 g/mol. The first-order chi connectivity index (χ1) is 8.69. The Morgan fingerprint density at radius 2 is 1.67 bits per heavy atom. The Kier molecular flexibility index (Phi) is 2.59. The average molecular weight is 260 g/mol. The maximum atomic E-state index is 14.8. The normalized spacial score (nSPS) is 21.5. The molecule has 0 bridgehead atoms. The van der Waals surface area contributed by atoms with Crippen LogP contribution >= 0.6 is 11.8 Å². The van der Waals surface area contributed by atoms with E-state index in [0.717, 1.165) is 11.8 Å². The molecular weight excluding hydrogens is 251 g/mol. The zero-order valence-electron chi connectivity index (χ0n) is 9.30. The third-order valence-electron chi connectivity index (χ3n) is 2.68. The van der Waals surface area contributed by atoms with Gasteiger partial charge in [-0.2, -0.15) is 4.39 Å². The fourth-order valence-electron chi connectivity index (χ4n) is 1.87. The fourth-order valence-corrected chi connectivity index (χ4v) is 2.87. The Bertz CT molecular complexity index is 600. The Labute approximate surface area is 108 Å². The van der Waals surface area contributed by atoms with E-state index in [9.17, 15) is 9.18 Å². The molecule has 90 valence electrons. The van der Waals surface area contributed by atoms with Gasteiger partial charge in [-0.1, -0.05) is 36.4 Å². The predicted octanol–water partition coefficient (Wildman–Crippen LogP) is 3.73. The highest BCUT2D eigenvalue weighted by molar-refractivity contribution is 8.00. The summed E-state index contributed by atoms with van der Waals surface area (Å²) in [6.07, 6.45) is 0. The number of carbonyl (C=O) groups excluding carboxylic acids is 1. The zero-order valence-corrected chi connectivity index (χ0v) is 10.1. The Morgan fingerprint density at radius 3 is 2.44 bits per heavy atom. The van der Waals surface area contributed by atoms with Crippen molar-refractivity contribution in [1.29, 1.82) is 0 Å². The van der Waals surface area contributed by atoms with Crippen molar-refractivity contribution < 1.29 is 13.9 Å². The summed E-state index contributed by atoms with van der Waals surface area (Å²) in [6.45, 7) is 0. The van der Waals surface area contributed by atoms with Crippen molar-refractivity contribution in [3.05, 3.63) is 65.7 Å². The van der Waals surface area contributed by atoms with E-state index in [0.29, 0.717) is 10.5 Å². The van der Waals surface area contributed by atoms with Gasteiger partial charge in [0.2, 0.25) is 0 Å². The van der Waals surface area contributed by atoms with Crippen LogP contribution in [0.15, 0.2) is 59.5 Å². The number of cyclic esters (lactones) is 1. The molecule has 3 rings (SSSR count). The van der Waals surface area contributed by atoms with Crippen LogP contribution in [0.1, 0.15) is 15.9 Å². The van der Waals surface area contributed by atoms with Gasteiger partial charge in [-0.05, 0) is 30.0 Å². The summed E-state index contributed by atoms with van der Waals surface area (Å²) < 4.78 is 19.6. The van der Waals surface area contributed by atoms with Crippen LogP contribution in [0.4, 0.5) is 4.39 Å². The quantitative estimate of drug-likeness (QED) is 0.770. The lowest BCUT2D eigenvalue weighted by molar-refractivity contribution is -0.0274. The molecule has 0 radical (unpaired) electrons. The molecule has 2 aromatic rings. The van der Waals surface area contributed by atoms with E-state index in [1.54, 1.807) is 36.4 Å². The summed E-state index contributed by atoms with van der Waals surface area (Å²) in [5, 5.41) is -2.13. The summed E-state index contributed by atoms with van der Waals surface area (Å²) in [5.41, 5.74) is 0.576. The summed E-state index contributed by atoms with van der Waals surface area (Å²) in [6, 6.07) is 15.6. The second-order valence-corrected chi connectivity index (χ2v) is 5.09. The third-order valence-corrected chi connectivity index (χ3v) is 3.76. The van der Waals surface area contributed by atoms with Gasteiger partial charge in [-0.25, -0.2) is 4.79 Å². The first kappa shape index (κ1) is 11.3. The number of hydrogen-bond donors (Lipinski definition) is 0. The molecule has 0 spiro atoms.